The highest BCUT2D eigenvalue weighted by Crippen LogP contribution is 2.33. The lowest BCUT2D eigenvalue weighted by molar-refractivity contribution is -0.139. The number of esters is 1. The van der Waals surface area contributed by atoms with E-state index < -0.39 is 5.97 Å². The summed E-state index contributed by atoms with van der Waals surface area (Å²) in [6, 6.07) is 10.0. The van der Waals surface area contributed by atoms with E-state index in [4.69, 9.17) is 9.47 Å². The summed E-state index contributed by atoms with van der Waals surface area (Å²) in [5, 5.41) is 9.31. The molecule has 0 unspecified atom stereocenters. The molecule has 5 heteroatoms. The number of benzene rings is 2. The van der Waals surface area contributed by atoms with Crippen LogP contribution in [0.3, 0.4) is 0 Å². The minimum Gasteiger partial charge on any atom is -0.489 e. The van der Waals surface area contributed by atoms with Crippen LogP contribution in [0.25, 0.3) is 11.1 Å². The van der Waals surface area contributed by atoms with Crippen LogP contribution in [0.5, 0.6) is 5.75 Å². The zero-order valence-corrected chi connectivity index (χ0v) is 14.3. The van der Waals surface area contributed by atoms with Crippen molar-refractivity contribution in [3.63, 3.8) is 0 Å². The van der Waals surface area contributed by atoms with E-state index in [9.17, 15) is 14.3 Å². The largest absolute Gasteiger partial charge is 0.489 e. The van der Waals surface area contributed by atoms with Gasteiger partial charge in [0.25, 0.3) is 0 Å². The van der Waals surface area contributed by atoms with Gasteiger partial charge in [-0.1, -0.05) is 30.8 Å². The lowest BCUT2D eigenvalue weighted by Crippen LogP contribution is -2.12. The van der Waals surface area contributed by atoms with Gasteiger partial charge >= 0.3 is 5.97 Å². The maximum atomic E-state index is 14.3. The van der Waals surface area contributed by atoms with E-state index in [0.29, 0.717) is 28.0 Å². The zero-order chi connectivity index (χ0) is 18.4. The minimum atomic E-state index is -0.488. The standard InChI is InChI=1S/C20H21FO4/c1-13(2)20(23)25-9-8-24-19-11-15(12-22)5-7-17(19)16-6-4-14(3)10-18(16)21/h4-7,10-11,22H,1,8-9,12H2,2-3H3. The highest BCUT2D eigenvalue weighted by atomic mass is 19.1. The monoisotopic (exact) mass is 344 g/mol. The molecule has 25 heavy (non-hydrogen) atoms. The number of halogens is 1. The van der Waals surface area contributed by atoms with Crippen molar-refractivity contribution >= 4 is 5.97 Å². The molecule has 0 saturated carbocycles. The Hall–Kier alpha value is -2.66. The second-order valence-corrected chi connectivity index (χ2v) is 5.74. The van der Waals surface area contributed by atoms with Gasteiger partial charge in [-0.25, -0.2) is 9.18 Å². The van der Waals surface area contributed by atoms with E-state index in [2.05, 4.69) is 6.58 Å². The lowest BCUT2D eigenvalue weighted by Gasteiger charge is -2.14. The first-order valence-electron chi connectivity index (χ1n) is 7.88. The highest BCUT2D eigenvalue weighted by Gasteiger charge is 2.12. The normalized spacial score (nSPS) is 10.4. The molecule has 0 aliphatic carbocycles. The van der Waals surface area contributed by atoms with E-state index in [-0.39, 0.29) is 25.6 Å². The fourth-order valence-electron chi connectivity index (χ4n) is 2.25. The summed E-state index contributed by atoms with van der Waals surface area (Å²) in [7, 11) is 0. The molecule has 2 aromatic carbocycles. The van der Waals surface area contributed by atoms with Crippen LogP contribution in [-0.2, 0) is 16.1 Å². The molecule has 0 amide bonds. The van der Waals surface area contributed by atoms with Crippen LogP contribution in [0.4, 0.5) is 4.39 Å². The number of carbonyl (C=O) groups is 1. The second-order valence-electron chi connectivity index (χ2n) is 5.74. The average Bonchev–Trinajstić information content (AvgIpc) is 2.58. The predicted octanol–water partition coefficient (Wildman–Crippen LogP) is 3.79. The summed E-state index contributed by atoms with van der Waals surface area (Å²) in [6.07, 6.45) is 0. The summed E-state index contributed by atoms with van der Waals surface area (Å²) >= 11 is 0. The third-order valence-electron chi connectivity index (χ3n) is 3.57. The second kappa shape index (κ2) is 8.44. The minimum absolute atomic E-state index is 0.0465. The molecule has 132 valence electrons. The van der Waals surface area contributed by atoms with Crippen molar-refractivity contribution in [2.45, 2.75) is 20.5 Å². The Bertz CT molecular complexity index is 783. The smallest absolute Gasteiger partial charge is 0.333 e. The first-order valence-corrected chi connectivity index (χ1v) is 7.88. The number of carbonyl (C=O) groups excluding carboxylic acids is 1. The number of aliphatic hydroxyl groups is 1. The van der Waals surface area contributed by atoms with Gasteiger partial charge < -0.3 is 14.6 Å². The maximum Gasteiger partial charge on any atom is 0.333 e. The Morgan fingerprint density at radius 1 is 1.16 bits per heavy atom. The first-order chi connectivity index (χ1) is 11.9. The molecule has 0 fully saturated rings. The van der Waals surface area contributed by atoms with Gasteiger partial charge in [0.05, 0.1) is 6.61 Å². The van der Waals surface area contributed by atoms with E-state index in [1.54, 1.807) is 31.2 Å². The number of hydrogen-bond donors (Lipinski definition) is 1. The van der Waals surface area contributed by atoms with E-state index >= 15 is 0 Å². The molecule has 2 aromatic rings. The van der Waals surface area contributed by atoms with Crippen LogP contribution in [-0.4, -0.2) is 24.3 Å². The Morgan fingerprint density at radius 2 is 1.88 bits per heavy atom. The summed E-state index contributed by atoms with van der Waals surface area (Å²) in [4.78, 5) is 11.4. The van der Waals surface area contributed by atoms with Gasteiger partial charge in [-0.3, -0.25) is 0 Å². The van der Waals surface area contributed by atoms with Crippen molar-refractivity contribution in [1.82, 2.24) is 0 Å². The molecular formula is C20H21FO4. The van der Waals surface area contributed by atoms with Crippen LogP contribution in [0.1, 0.15) is 18.1 Å². The molecule has 0 aromatic heterocycles. The number of hydrogen-bond acceptors (Lipinski definition) is 4. The zero-order valence-electron chi connectivity index (χ0n) is 14.3. The van der Waals surface area contributed by atoms with E-state index in [1.807, 2.05) is 13.0 Å². The third-order valence-corrected chi connectivity index (χ3v) is 3.57. The van der Waals surface area contributed by atoms with Gasteiger partial charge in [0.2, 0.25) is 0 Å². The Labute approximate surface area is 146 Å². The quantitative estimate of drug-likeness (QED) is 0.472. The molecule has 4 nitrogen and oxygen atoms in total. The van der Waals surface area contributed by atoms with Gasteiger partial charge in [0.15, 0.2) is 0 Å². The molecule has 0 bridgehead atoms. The van der Waals surface area contributed by atoms with Crippen molar-refractivity contribution in [3.8, 4) is 16.9 Å². The van der Waals surface area contributed by atoms with Crippen LogP contribution >= 0.6 is 0 Å². The average molecular weight is 344 g/mol. The molecule has 1 N–H and O–H groups in total. The van der Waals surface area contributed by atoms with E-state index in [1.165, 1.54) is 6.07 Å². The van der Waals surface area contributed by atoms with Crippen molar-refractivity contribution < 1.29 is 23.8 Å². The molecule has 0 aliphatic heterocycles. The molecular weight excluding hydrogens is 323 g/mol. The molecule has 0 heterocycles. The Morgan fingerprint density at radius 3 is 2.52 bits per heavy atom. The van der Waals surface area contributed by atoms with Gasteiger partial charge in [-0.2, -0.15) is 0 Å². The topological polar surface area (TPSA) is 55.8 Å². The van der Waals surface area contributed by atoms with E-state index in [0.717, 1.165) is 5.56 Å². The molecule has 2 rings (SSSR count). The fourth-order valence-corrected chi connectivity index (χ4v) is 2.25. The third kappa shape index (κ3) is 4.90. The Kier molecular flexibility index (Phi) is 6.31. The van der Waals surface area contributed by atoms with Crippen molar-refractivity contribution in [3.05, 3.63) is 65.5 Å². The van der Waals surface area contributed by atoms with Crippen LogP contribution in [0.15, 0.2) is 48.6 Å². The summed E-state index contributed by atoms with van der Waals surface area (Å²) in [6.45, 7) is 6.87. The first kappa shape index (κ1) is 18.7. The fraction of sp³-hybridized carbons (Fsp3) is 0.250. The number of ether oxygens (including phenoxy) is 2. The van der Waals surface area contributed by atoms with Crippen molar-refractivity contribution in [2.75, 3.05) is 13.2 Å². The molecule has 0 radical (unpaired) electrons. The molecule has 0 saturated heterocycles. The number of aliphatic hydroxyl groups excluding tert-OH is 1. The lowest BCUT2D eigenvalue weighted by atomic mass is 10.0. The summed E-state index contributed by atoms with van der Waals surface area (Å²) in [5.41, 5.74) is 2.75. The molecule has 0 aliphatic rings. The van der Waals surface area contributed by atoms with Crippen molar-refractivity contribution in [2.24, 2.45) is 0 Å². The van der Waals surface area contributed by atoms with Gasteiger partial charge in [-0.15, -0.1) is 0 Å². The van der Waals surface area contributed by atoms with Crippen molar-refractivity contribution in [1.29, 1.82) is 0 Å². The van der Waals surface area contributed by atoms with Gasteiger partial charge in [0.1, 0.15) is 24.8 Å². The van der Waals surface area contributed by atoms with Crippen LogP contribution < -0.4 is 4.74 Å². The van der Waals surface area contributed by atoms with Gasteiger partial charge in [0, 0.05) is 16.7 Å². The summed E-state index contributed by atoms with van der Waals surface area (Å²) < 4.78 is 24.9. The van der Waals surface area contributed by atoms with Crippen LogP contribution in [0, 0.1) is 12.7 Å². The molecule has 0 spiro atoms. The Balaban J connectivity index is 2.20. The molecule has 0 atom stereocenters. The number of rotatable bonds is 7. The highest BCUT2D eigenvalue weighted by molar-refractivity contribution is 5.86. The maximum absolute atomic E-state index is 14.3. The predicted molar refractivity (Wildman–Crippen MR) is 93.8 cm³/mol. The number of aryl methyl sites for hydroxylation is 1. The SMILES string of the molecule is C=C(C)C(=O)OCCOc1cc(CO)ccc1-c1ccc(C)cc1F. The van der Waals surface area contributed by atoms with Gasteiger partial charge in [-0.05, 0) is 37.1 Å². The summed E-state index contributed by atoms with van der Waals surface area (Å²) in [5.74, 6) is -0.423. The van der Waals surface area contributed by atoms with Crippen LogP contribution in [0.2, 0.25) is 0 Å².